The standard InChI is InChI=1S/C56H94NO9P/c1-3-5-7-9-11-13-15-17-19-21-23-25-27-28-30-32-34-36-38-40-42-44-46-48-55(58)66-53(51-64-67(61,62)65-52-54(57)56(59)60)50-63-49-47-45-43-41-39-37-35-33-31-29-26-24-22-20-18-16-14-12-10-8-6-4-2/h6,8,12,14-15,17-18,20-21,23-24,26-28,31,33,37,39,53-54H,3-5,7,9-11,13,16,19,22,25,29-30,32,34-36,38,40-52,57H2,1-2H3,(H,59,60)(H,61,62)/b8-6-,14-12-,17-15-,20-18-,23-21-,26-24-,28-27-,33-31-,39-37-. The van der Waals surface area contributed by atoms with Gasteiger partial charge in [0, 0.05) is 13.0 Å². The summed E-state index contributed by atoms with van der Waals surface area (Å²) in [4.78, 5) is 33.7. The number of esters is 1. The Balaban J connectivity index is 4.26. The zero-order valence-electron chi connectivity index (χ0n) is 42.0. The first kappa shape index (κ1) is 63.6. The number of carboxylic acid groups (broad SMARTS) is 1. The van der Waals surface area contributed by atoms with E-state index in [1.165, 1.54) is 64.2 Å². The normalized spacial score (nSPS) is 14.6. The second-order valence-electron chi connectivity index (χ2n) is 16.9. The molecule has 0 aliphatic heterocycles. The van der Waals surface area contributed by atoms with Crippen LogP contribution >= 0.6 is 7.82 Å². The molecule has 0 amide bonds. The van der Waals surface area contributed by atoms with E-state index in [1.807, 2.05) is 0 Å². The average molecular weight is 956 g/mol. The second-order valence-corrected chi connectivity index (χ2v) is 18.4. The summed E-state index contributed by atoms with van der Waals surface area (Å²) in [5.41, 5.74) is 5.37. The Morgan fingerprint density at radius 3 is 1.30 bits per heavy atom. The van der Waals surface area contributed by atoms with Crippen molar-refractivity contribution < 1.29 is 42.7 Å². The molecule has 0 saturated heterocycles. The first-order valence-corrected chi connectivity index (χ1v) is 27.4. The van der Waals surface area contributed by atoms with Crippen molar-refractivity contribution in [3.05, 3.63) is 109 Å². The maximum Gasteiger partial charge on any atom is 0.472 e. The van der Waals surface area contributed by atoms with Crippen LogP contribution < -0.4 is 5.73 Å². The summed E-state index contributed by atoms with van der Waals surface area (Å²) in [5, 5.41) is 8.93. The van der Waals surface area contributed by atoms with Crippen molar-refractivity contribution in [3.8, 4) is 0 Å². The van der Waals surface area contributed by atoms with Crippen molar-refractivity contribution >= 4 is 19.8 Å². The number of carboxylic acids is 1. The van der Waals surface area contributed by atoms with E-state index in [4.69, 9.17) is 29.4 Å². The van der Waals surface area contributed by atoms with Crippen molar-refractivity contribution in [3.63, 3.8) is 0 Å². The third-order valence-corrected chi connectivity index (χ3v) is 11.5. The molecular formula is C56H94NO9P. The molecule has 11 heteroatoms. The fraction of sp³-hybridized carbons (Fsp3) is 0.643. The monoisotopic (exact) mass is 956 g/mol. The van der Waals surface area contributed by atoms with E-state index in [2.05, 4.69) is 123 Å². The summed E-state index contributed by atoms with van der Waals surface area (Å²) in [6, 6.07) is -1.49. The third kappa shape index (κ3) is 50.3. The summed E-state index contributed by atoms with van der Waals surface area (Å²) in [5.74, 6) is -1.81. The Morgan fingerprint density at radius 2 is 0.866 bits per heavy atom. The van der Waals surface area contributed by atoms with Crippen LogP contribution in [0.4, 0.5) is 0 Å². The largest absolute Gasteiger partial charge is 0.480 e. The molecule has 0 aliphatic carbocycles. The first-order valence-electron chi connectivity index (χ1n) is 25.9. The highest BCUT2D eigenvalue weighted by molar-refractivity contribution is 7.47. The van der Waals surface area contributed by atoms with Gasteiger partial charge in [0.15, 0.2) is 0 Å². The Morgan fingerprint density at radius 1 is 0.493 bits per heavy atom. The molecule has 0 bridgehead atoms. The summed E-state index contributed by atoms with van der Waals surface area (Å²) < 4.78 is 33.5. The fourth-order valence-corrected chi connectivity index (χ4v) is 7.33. The summed E-state index contributed by atoms with van der Waals surface area (Å²) in [7, 11) is -4.64. The predicted octanol–water partition coefficient (Wildman–Crippen LogP) is 15.4. The van der Waals surface area contributed by atoms with Gasteiger partial charge in [-0.15, -0.1) is 0 Å². The van der Waals surface area contributed by atoms with Crippen LogP contribution in [0.1, 0.15) is 194 Å². The van der Waals surface area contributed by atoms with Crippen molar-refractivity contribution in [2.24, 2.45) is 5.73 Å². The topological polar surface area (TPSA) is 155 Å². The number of hydrogen-bond acceptors (Lipinski definition) is 8. The lowest BCUT2D eigenvalue weighted by Gasteiger charge is -2.20. The van der Waals surface area contributed by atoms with Gasteiger partial charge in [0.05, 0.1) is 19.8 Å². The van der Waals surface area contributed by atoms with E-state index in [-0.39, 0.29) is 13.0 Å². The molecule has 0 saturated carbocycles. The van der Waals surface area contributed by atoms with E-state index in [0.29, 0.717) is 13.0 Å². The molecule has 3 unspecified atom stereocenters. The lowest BCUT2D eigenvalue weighted by Crippen LogP contribution is -2.34. The van der Waals surface area contributed by atoms with Crippen LogP contribution in [-0.4, -0.2) is 60.5 Å². The molecule has 0 fully saturated rings. The third-order valence-electron chi connectivity index (χ3n) is 10.5. The van der Waals surface area contributed by atoms with Gasteiger partial charge in [0.1, 0.15) is 12.1 Å². The molecular weight excluding hydrogens is 862 g/mol. The molecule has 0 aromatic heterocycles. The predicted molar refractivity (Wildman–Crippen MR) is 281 cm³/mol. The van der Waals surface area contributed by atoms with Gasteiger partial charge in [-0.1, -0.05) is 194 Å². The maximum atomic E-state index is 12.7. The number of carbonyl (C=O) groups is 2. The molecule has 0 aromatic carbocycles. The van der Waals surface area contributed by atoms with Crippen LogP contribution in [0, 0.1) is 0 Å². The lowest BCUT2D eigenvalue weighted by molar-refractivity contribution is -0.154. The molecule has 3 atom stereocenters. The van der Waals surface area contributed by atoms with E-state index >= 15 is 0 Å². The highest BCUT2D eigenvalue weighted by Crippen LogP contribution is 2.43. The molecule has 0 rings (SSSR count). The zero-order valence-corrected chi connectivity index (χ0v) is 42.8. The Hall–Kier alpha value is -3.37. The van der Waals surface area contributed by atoms with Crippen LogP contribution in [0.5, 0.6) is 0 Å². The van der Waals surface area contributed by atoms with Gasteiger partial charge in [-0.05, 0) is 103 Å². The van der Waals surface area contributed by atoms with Crippen LogP contribution in [-0.2, 0) is 32.7 Å². The number of allylic oxidation sites excluding steroid dienone is 18. The van der Waals surface area contributed by atoms with Gasteiger partial charge in [-0.2, -0.15) is 0 Å². The SMILES string of the molecule is CC/C=C\C/C=C\C/C=C\C/C=C\C/C=C\C/C=C\CCCCCOCC(COP(=O)(O)OCC(N)C(=O)O)OC(=O)CCCCCCCCCC/C=C\C/C=C\C/C=C\CCCCCCC. The number of unbranched alkanes of at least 4 members (excludes halogenated alkanes) is 16. The number of rotatable bonds is 48. The summed E-state index contributed by atoms with van der Waals surface area (Å²) >= 11 is 0. The van der Waals surface area contributed by atoms with Crippen molar-refractivity contribution in [1.82, 2.24) is 0 Å². The van der Waals surface area contributed by atoms with Crippen LogP contribution in [0.15, 0.2) is 109 Å². The highest BCUT2D eigenvalue weighted by atomic mass is 31.2. The molecule has 0 radical (unpaired) electrons. The highest BCUT2D eigenvalue weighted by Gasteiger charge is 2.27. The number of phosphoric acid groups is 1. The van der Waals surface area contributed by atoms with Crippen LogP contribution in [0.25, 0.3) is 0 Å². The van der Waals surface area contributed by atoms with Crippen molar-refractivity contribution in [2.45, 2.75) is 206 Å². The van der Waals surface area contributed by atoms with Gasteiger partial charge in [0.2, 0.25) is 0 Å². The van der Waals surface area contributed by atoms with Gasteiger partial charge in [-0.3, -0.25) is 18.6 Å². The number of carbonyl (C=O) groups excluding carboxylic acids is 1. The number of phosphoric ester groups is 1. The molecule has 67 heavy (non-hydrogen) atoms. The minimum atomic E-state index is -4.64. The first-order chi connectivity index (χ1) is 32.7. The van der Waals surface area contributed by atoms with E-state index in [9.17, 15) is 19.0 Å². The van der Waals surface area contributed by atoms with E-state index in [1.54, 1.807) is 0 Å². The molecule has 10 nitrogen and oxygen atoms in total. The Bertz CT molecular complexity index is 1480. The van der Waals surface area contributed by atoms with Crippen molar-refractivity contribution in [2.75, 3.05) is 26.4 Å². The van der Waals surface area contributed by atoms with Gasteiger partial charge < -0.3 is 25.2 Å². The van der Waals surface area contributed by atoms with Crippen molar-refractivity contribution in [1.29, 1.82) is 0 Å². The summed E-state index contributed by atoms with van der Waals surface area (Å²) in [6.45, 7) is 3.66. The second kappa shape index (κ2) is 50.5. The van der Waals surface area contributed by atoms with E-state index < -0.39 is 45.1 Å². The Kier molecular flexibility index (Phi) is 48.0. The smallest absolute Gasteiger partial charge is 0.472 e. The molecule has 0 aromatic rings. The average Bonchev–Trinajstić information content (AvgIpc) is 3.31. The van der Waals surface area contributed by atoms with Crippen LogP contribution in [0.2, 0.25) is 0 Å². The van der Waals surface area contributed by atoms with Gasteiger partial charge >= 0.3 is 19.8 Å². The molecule has 0 aliphatic rings. The number of ether oxygens (including phenoxy) is 2. The maximum absolute atomic E-state index is 12.7. The lowest BCUT2D eigenvalue weighted by atomic mass is 10.1. The van der Waals surface area contributed by atoms with Gasteiger partial charge in [-0.25, -0.2) is 4.57 Å². The molecule has 382 valence electrons. The Labute approximate surface area is 408 Å². The minimum absolute atomic E-state index is 0.0163. The quantitative estimate of drug-likeness (QED) is 0.0232. The molecule has 0 spiro atoms. The molecule has 0 heterocycles. The number of aliphatic carboxylic acids is 1. The number of hydrogen-bond donors (Lipinski definition) is 3. The zero-order chi connectivity index (χ0) is 49.0. The van der Waals surface area contributed by atoms with E-state index in [0.717, 1.165) is 103 Å². The fourth-order valence-electron chi connectivity index (χ4n) is 6.55. The van der Waals surface area contributed by atoms with Gasteiger partial charge in [0.25, 0.3) is 0 Å². The molecule has 4 N–H and O–H groups in total. The minimum Gasteiger partial charge on any atom is -0.480 e. The van der Waals surface area contributed by atoms with Crippen LogP contribution in [0.3, 0.4) is 0 Å². The number of nitrogens with two attached hydrogens (primary N) is 1. The summed E-state index contributed by atoms with van der Waals surface area (Å²) in [6.07, 6.45) is 68.6.